The fourth-order valence-electron chi connectivity index (χ4n) is 2.43. The van der Waals surface area contributed by atoms with Crippen LogP contribution < -0.4 is 16.0 Å². The van der Waals surface area contributed by atoms with E-state index in [4.69, 9.17) is 4.74 Å². The van der Waals surface area contributed by atoms with Gasteiger partial charge in [-0.05, 0) is 46.1 Å². The van der Waals surface area contributed by atoms with Gasteiger partial charge in [0, 0.05) is 25.0 Å². The van der Waals surface area contributed by atoms with Crippen molar-refractivity contribution in [3.05, 3.63) is 0 Å². The van der Waals surface area contributed by atoms with Gasteiger partial charge in [-0.1, -0.05) is 0 Å². The first kappa shape index (κ1) is 16.8. The number of esters is 1. The van der Waals surface area contributed by atoms with E-state index in [1.54, 1.807) is 6.92 Å². The highest BCUT2D eigenvalue weighted by molar-refractivity contribution is 5.74. The molecular weight excluding hydrogens is 258 g/mol. The summed E-state index contributed by atoms with van der Waals surface area (Å²) in [6.07, 6.45) is 5.19. The second-order valence-corrected chi connectivity index (χ2v) is 5.15. The largest absolute Gasteiger partial charge is 0.466 e. The topological polar surface area (TPSA) is 79.5 Å². The molecule has 1 fully saturated rings. The molecule has 0 atom stereocenters. The lowest BCUT2D eigenvalue weighted by Crippen LogP contribution is -2.45. The van der Waals surface area contributed by atoms with Gasteiger partial charge in [-0.3, -0.25) is 4.79 Å². The summed E-state index contributed by atoms with van der Waals surface area (Å²) in [5, 5.41) is 9.03. The average Bonchev–Trinajstić information content (AvgIpc) is 2.45. The molecule has 6 heteroatoms. The standard InChI is InChI=1S/C14H27N3O3/c1-3-20-13(18)5-4-10-16-14(19)17-12-8-6-11(15-2)7-9-12/h11-12,15H,3-10H2,1-2H3,(H2,16,17,19). The van der Waals surface area contributed by atoms with Crippen LogP contribution in [0.5, 0.6) is 0 Å². The molecule has 0 saturated heterocycles. The van der Waals surface area contributed by atoms with Crippen molar-refractivity contribution in [3.63, 3.8) is 0 Å². The van der Waals surface area contributed by atoms with Crippen molar-refractivity contribution in [3.8, 4) is 0 Å². The van der Waals surface area contributed by atoms with Crippen LogP contribution in [-0.2, 0) is 9.53 Å². The van der Waals surface area contributed by atoms with E-state index in [9.17, 15) is 9.59 Å². The molecule has 0 bridgehead atoms. The van der Waals surface area contributed by atoms with Gasteiger partial charge in [0.1, 0.15) is 0 Å². The number of urea groups is 1. The predicted octanol–water partition coefficient (Wildman–Crippen LogP) is 1.16. The van der Waals surface area contributed by atoms with Gasteiger partial charge in [-0.15, -0.1) is 0 Å². The summed E-state index contributed by atoms with van der Waals surface area (Å²) < 4.78 is 4.82. The smallest absolute Gasteiger partial charge is 0.315 e. The summed E-state index contributed by atoms with van der Waals surface area (Å²) in [5.41, 5.74) is 0. The van der Waals surface area contributed by atoms with E-state index in [1.165, 1.54) is 0 Å². The van der Waals surface area contributed by atoms with E-state index in [2.05, 4.69) is 16.0 Å². The number of carbonyl (C=O) groups is 2. The van der Waals surface area contributed by atoms with Crippen molar-refractivity contribution in [2.75, 3.05) is 20.2 Å². The molecule has 6 nitrogen and oxygen atoms in total. The predicted molar refractivity (Wildman–Crippen MR) is 77.5 cm³/mol. The van der Waals surface area contributed by atoms with Crippen molar-refractivity contribution in [2.45, 2.75) is 57.5 Å². The number of carbonyl (C=O) groups excluding carboxylic acids is 2. The molecule has 0 aliphatic heterocycles. The maximum atomic E-state index is 11.7. The summed E-state index contributed by atoms with van der Waals surface area (Å²) in [5.74, 6) is -0.208. The molecule has 0 radical (unpaired) electrons. The minimum atomic E-state index is -0.208. The monoisotopic (exact) mass is 285 g/mol. The Bertz CT molecular complexity index is 302. The van der Waals surface area contributed by atoms with Gasteiger partial charge in [-0.25, -0.2) is 4.79 Å². The number of nitrogens with one attached hydrogen (secondary N) is 3. The maximum absolute atomic E-state index is 11.7. The molecule has 0 aromatic carbocycles. The van der Waals surface area contributed by atoms with Gasteiger partial charge in [0.15, 0.2) is 0 Å². The normalized spacial score (nSPS) is 22.1. The zero-order chi connectivity index (χ0) is 14.8. The van der Waals surface area contributed by atoms with Crippen LogP contribution >= 0.6 is 0 Å². The average molecular weight is 285 g/mol. The van der Waals surface area contributed by atoms with E-state index in [1.807, 2.05) is 7.05 Å². The van der Waals surface area contributed by atoms with Gasteiger partial charge < -0.3 is 20.7 Å². The highest BCUT2D eigenvalue weighted by atomic mass is 16.5. The van der Waals surface area contributed by atoms with Gasteiger partial charge in [0.05, 0.1) is 6.61 Å². The number of rotatable bonds is 7. The minimum absolute atomic E-state index is 0.137. The van der Waals surface area contributed by atoms with Crippen LogP contribution in [0.2, 0.25) is 0 Å². The molecule has 1 aliphatic rings. The molecule has 1 rings (SSSR count). The molecule has 20 heavy (non-hydrogen) atoms. The Hall–Kier alpha value is -1.30. The Morgan fingerprint density at radius 3 is 2.40 bits per heavy atom. The number of hydrogen-bond acceptors (Lipinski definition) is 4. The quantitative estimate of drug-likeness (QED) is 0.484. The fraction of sp³-hybridized carbons (Fsp3) is 0.857. The highest BCUT2D eigenvalue weighted by Gasteiger charge is 2.20. The van der Waals surface area contributed by atoms with Crippen molar-refractivity contribution in [2.24, 2.45) is 0 Å². The maximum Gasteiger partial charge on any atom is 0.315 e. The fourth-order valence-corrected chi connectivity index (χ4v) is 2.43. The third-order valence-electron chi connectivity index (χ3n) is 3.62. The minimum Gasteiger partial charge on any atom is -0.466 e. The van der Waals surface area contributed by atoms with Crippen LogP contribution in [0.4, 0.5) is 4.79 Å². The lowest BCUT2D eigenvalue weighted by molar-refractivity contribution is -0.143. The molecule has 1 aliphatic carbocycles. The summed E-state index contributed by atoms with van der Waals surface area (Å²) >= 11 is 0. The number of ether oxygens (including phenoxy) is 1. The molecule has 0 heterocycles. The zero-order valence-electron chi connectivity index (χ0n) is 12.5. The molecular formula is C14H27N3O3. The van der Waals surface area contributed by atoms with Crippen LogP contribution in [0.25, 0.3) is 0 Å². The molecule has 0 unspecified atom stereocenters. The van der Waals surface area contributed by atoms with Gasteiger partial charge in [0.25, 0.3) is 0 Å². The van der Waals surface area contributed by atoms with Gasteiger partial charge >= 0.3 is 12.0 Å². The Labute approximate surface area is 121 Å². The Balaban J connectivity index is 2.05. The first-order chi connectivity index (χ1) is 9.65. The van der Waals surface area contributed by atoms with Crippen molar-refractivity contribution in [1.82, 2.24) is 16.0 Å². The van der Waals surface area contributed by atoms with Crippen molar-refractivity contribution in [1.29, 1.82) is 0 Å². The first-order valence-corrected chi connectivity index (χ1v) is 7.53. The molecule has 2 amide bonds. The van der Waals surface area contributed by atoms with E-state index < -0.39 is 0 Å². The third-order valence-corrected chi connectivity index (χ3v) is 3.62. The van der Waals surface area contributed by atoms with Crippen molar-refractivity contribution < 1.29 is 14.3 Å². The lowest BCUT2D eigenvalue weighted by Gasteiger charge is -2.28. The first-order valence-electron chi connectivity index (χ1n) is 7.53. The van der Waals surface area contributed by atoms with E-state index in [0.717, 1.165) is 25.7 Å². The second kappa shape index (κ2) is 9.58. The summed E-state index contributed by atoms with van der Waals surface area (Å²) in [4.78, 5) is 22.8. The molecule has 0 aromatic heterocycles. The molecule has 0 spiro atoms. The van der Waals surface area contributed by atoms with Crippen LogP contribution in [0.3, 0.4) is 0 Å². The number of hydrogen-bond donors (Lipinski definition) is 3. The lowest BCUT2D eigenvalue weighted by atomic mass is 9.91. The molecule has 0 aromatic rings. The van der Waals surface area contributed by atoms with E-state index >= 15 is 0 Å². The summed E-state index contributed by atoms with van der Waals surface area (Å²) in [7, 11) is 1.98. The Morgan fingerprint density at radius 1 is 1.15 bits per heavy atom. The van der Waals surface area contributed by atoms with Crippen LogP contribution in [-0.4, -0.2) is 44.3 Å². The highest BCUT2D eigenvalue weighted by Crippen LogP contribution is 2.17. The molecule has 3 N–H and O–H groups in total. The van der Waals surface area contributed by atoms with Crippen molar-refractivity contribution >= 4 is 12.0 Å². The number of amides is 2. The van der Waals surface area contributed by atoms with E-state index in [0.29, 0.717) is 32.0 Å². The summed E-state index contributed by atoms with van der Waals surface area (Å²) in [6.45, 7) is 2.69. The zero-order valence-corrected chi connectivity index (χ0v) is 12.5. The van der Waals surface area contributed by atoms with Gasteiger partial charge in [-0.2, -0.15) is 0 Å². The summed E-state index contributed by atoms with van der Waals surface area (Å²) in [6, 6.07) is 0.715. The van der Waals surface area contributed by atoms with Crippen LogP contribution in [0, 0.1) is 0 Å². The third kappa shape index (κ3) is 6.75. The van der Waals surface area contributed by atoms with Crippen LogP contribution in [0.1, 0.15) is 45.4 Å². The van der Waals surface area contributed by atoms with Crippen LogP contribution in [0.15, 0.2) is 0 Å². The SMILES string of the molecule is CCOC(=O)CCCNC(=O)NC1CCC(NC)CC1. The second-order valence-electron chi connectivity index (χ2n) is 5.15. The molecule has 116 valence electrons. The van der Waals surface area contributed by atoms with Gasteiger partial charge in [0.2, 0.25) is 0 Å². The molecule has 1 saturated carbocycles. The Kier molecular flexibility index (Phi) is 8.02. The Morgan fingerprint density at radius 2 is 1.80 bits per heavy atom. The van der Waals surface area contributed by atoms with E-state index in [-0.39, 0.29) is 18.0 Å².